The van der Waals surface area contributed by atoms with Crippen molar-refractivity contribution < 1.29 is 4.79 Å². The minimum atomic E-state index is 0.0249. The average Bonchev–Trinajstić information content (AvgIpc) is 2.56. The molecule has 0 aromatic heterocycles. The van der Waals surface area contributed by atoms with Gasteiger partial charge in [0.2, 0.25) is 5.91 Å². The van der Waals surface area contributed by atoms with Crippen molar-refractivity contribution in [2.75, 3.05) is 33.4 Å². The molecule has 4 heteroatoms. The van der Waals surface area contributed by atoms with Gasteiger partial charge in [0.1, 0.15) is 0 Å². The van der Waals surface area contributed by atoms with E-state index in [1.165, 1.54) is 0 Å². The zero-order valence-electron chi connectivity index (χ0n) is 10.3. The lowest BCUT2D eigenvalue weighted by Crippen LogP contribution is -2.37. The minimum absolute atomic E-state index is 0.0249. The highest BCUT2D eigenvalue weighted by Gasteiger charge is 2.32. The molecule has 1 unspecified atom stereocenters. The summed E-state index contributed by atoms with van der Waals surface area (Å²) in [4.78, 5) is 16.0. The second kappa shape index (κ2) is 5.47. The Labute approximate surface area is 92.6 Å². The molecule has 1 aliphatic heterocycles. The Morgan fingerprint density at radius 3 is 2.73 bits per heavy atom. The van der Waals surface area contributed by atoms with Crippen molar-refractivity contribution in [1.82, 2.24) is 15.1 Å². The molecule has 1 amide bonds. The van der Waals surface area contributed by atoms with Crippen LogP contribution in [0.25, 0.3) is 0 Å². The maximum absolute atomic E-state index is 11.9. The summed E-state index contributed by atoms with van der Waals surface area (Å²) in [6, 6.07) is 0.0249. The molecule has 1 heterocycles. The molecule has 0 aromatic rings. The number of hydrogen-bond acceptors (Lipinski definition) is 3. The molecule has 0 aromatic carbocycles. The van der Waals surface area contributed by atoms with Crippen molar-refractivity contribution in [2.45, 2.75) is 26.8 Å². The first kappa shape index (κ1) is 12.5. The number of amides is 1. The Hall–Kier alpha value is -0.610. The number of nitrogens with one attached hydrogen (secondary N) is 1. The first-order valence-electron chi connectivity index (χ1n) is 5.77. The predicted octanol–water partition coefficient (Wildman–Crippen LogP) is 0.352. The van der Waals surface area contributed by atoms with E-state index in [1.54, 1.807) is 0 Å². The first-order valence-corrected chi connectivity index (χ1v) is 5.77. The van der Waals surface area contributed by atoms with Gasteiger partial charge in [-0.15, -0.1) is 0 Å². The second-order valence-electron chi connectivity index (χ2n) is 4.58. The van der Waals surface area contributed by atoms with Crippen LogP contribution in [0.3, 0.4) is 0 Å². The lowest BCUT2D eigenvalue weighted by atomic mass is 10.1. The molecule has 0 aliphatic carbocycles. The SMILES string of the molecule is CCN(C)CCN1CNC(C(C)C)C1=O. The summed E-state index contributed by atoms with van der Waals surface area (Å²) >= 11 is 0. The lowest BCUT2D eigenvalue weighted by molar-refractivity contribution is -0.129. The molecule has 88 valence electrons. The average molecular weight is 213 g/mol. The standard InChI is InChI=1S/C11H23N3O/c1-5-13(4)6-7-14-8-12-10(9(2)3)11(14)15/h9-10,12H,5-8H2,1-4H3. The van der Waals surface area contributed by atoms with Crippen LogP contribution in [-0.4, -0.2) is 55.1 Å². The van der Waals surface area contributed by atoms with E-state index < -0.39 is 0 Å². The van der Waals surface area contributed by atoms with E-state index in [9.17, 15) is 4.79 Å². The third-order valence-corrected chi connectivity index (χ3v) is 3.04. The monoisotopic (exact) mass is 213 g/mol. The summed E-state index contributed by atoms with van der Waals surface area (Å²) in [6.45, 7) is 9.81. The van der Waals surface area contributed by atoms with E-state index in [4.69, 9.17) is 0 Å². The zero-order chi connectivity index (χ0) is 11.4. The summed E-state index contributed by atoms with van der Waals surface area (Å²) in [7, 11) is 2.08. The molecule has 1 fully saturated rings. The summed E-state index contributed by atoms with van der Waals surface area (Å²) in [5.41, 5.74) is 0. The molecule has 15 heavy (non-hydrogen) atoms. The molecule has 1 N–H and O–H groups in total. The number of nitrogens with zero attached hydrogens (tertiary/aromatic N) is 2. The van der Waals surface area contributed by atoms with Crippen molar-refractivity contribution >= 4 is 5.91 Å². The highest BCUT2D eigenvalue weighted by Crippen LogP contribution is 2.11. The number of carbonyl (C=O) groups excluding carboxylic acids is 1. The van der Waals surface area contributed by atoms with Gasteiger partial charge in [-0.3, -0.25) is 10.1 Å². The van der Waals surface area contributed by atoms with Crippen LogP contribution in [0.15, 0.2) is 0 Å². The van der Waals surface area contributed by atoms with Crippen molar-refractivity contribution in [3.63, 3.8) is 0 Å². The molecule has 0 bridgehead atoms. The molecular formula is C11H23N3O. The molecule has 0 spiro atoms. The van der Waals surface area contributed by atoms with E-state index in [-0.39, 0.29) is 11.9 Å². The summed E-state index contributed by atoms with van der Waals surface area (Å²) in [5, 5.41) is 3.26. The van der Waals surface area contributed by atoms with Crippen molar-refractivity contribution in [2.24, 2.45) is 5.92 Å². The van der Waals surface area contributed by atoms with Crippen LogP contribution in [0.5, 0.6) is 0 Å². The number of carbonyl (C=O) groups is 1. The van der Waals surface area contributed by atoms with Gasteiger partial charge in [-0.05, 0) is 19.5 Å². The summed E-state index contributed by atoms with van der Waals surface area (Å²) in [6.07, 6.45) is 0. The smallest absolute Gasteiger partial charge is 0.241 e. The van der Waals surface area contributed by atoms with Crippen molar-refractivity contribution in [3.8, 4) is 0 Å². The quantitative estimate of drug-likeness (QED) is 0.716. The van der Waals surface area contributed by atoms with Gasteiger partial charge >= 0.3 is 0 Å². The van der Waals surface area contributed by atoms with Crippen LogP contribution in [-0.2, 0) is 4.79 Å². The van der Waals surface area contributed by atoms with Crippen molar-refractivity contribution in [1.29, 1.82) is 0 Å². The van der Waals surface area contributed by atoms with Crippen LogP contribution < -0.4 is 5.32 Å². The van der Waals surface area contributed by atoms with Gasteiger partial charge in [0.15, 0.2) is 0 Å². The largest absolute Gasteiger partial charge is 0.327 e. The molecule has 0 saturated carbocycles. The van der Waals surface area contributed by atoms with E-state index in [0.717, 1.165) is 19.6 Å². The van der Waals surface area contributed by atoms with Crippen molar-refractivity contribution in [3.05, 3.63) is 0 Å². The van der Waals surface area contributed by atoms with Crippen LogP contribution in [0.2, 0.25) is 0 Å². The molecule has 1 saturated heterocycles. The number of hydrogen-bond donors (Lipinski definition) is 1. The third kappa shape index (κ3) is 3.18. The van der Waals surface area contributed by atoms with Gasteiger partial charge in [0.05, 0.1) is 12.7 Å². The van der Waals surface area contributed by atoms with E-state index in [1.807, 2.05) is 4.90 Å². The number of likely N-dealkylation sites (N-methyl/N-ethyl adjacent to an activating group) is 1. The summed E-state index contributed by atoms with van der Waals surface area (Å²) in [5.74, 6) is 0.640. The van der Waals surface area contributed by atoms with Gasteiger partial charge in [-0.1, -0.05) is 20.8 Å². The zero-order valence-corrected chi connectivity index (χ0v) is 10.3. The fraction of sp³-hybridized carbons (Fsp3) is 0.909. The Bertz CT molecular complexity index is 218. The van der Waals surface area contributed by atoms with Crippen LogP contribution in [0.4, 0.5) is 0 Å². The lowest BCUT2D eigenvalue weighted by Gasteiger charge is -2.20. The summed E-state index contributed by atoms with van der Waals surface area (Å²) < 4.78 is 0. The topological polar surface area (TPSA) is 35.6 Å². The van der Waals surface area contributed by atoms with Crippen LogP contribution in [0.1, 0.15) is 20.8 Å². The Morgan fingerprint density at radius 1 is 1.60 bits per heavy atom. The van der Waals surface area contributed by atoms with Gasteiger partial charge < -0.3 is 9.80 Å². The van der Waals surface area contributed by atoms with Gasteiger partial charge in [0, 0.05) is 13.1 Å². The fourth-order valence-corrected chi connectivity index (χ4v) is 1.73. The fourth-order valence-electron chi connectivity index (χ4n) is 1.73. The third-order valence-electron chi connectivity index (χ3n) is 3.04. The molecule has 1 aliphatic rings. The Morgan fingerprint density at radius 2 is 2.27 bits per heavy atom. The molecular weight excluding hydrogens is 190 g/mol. The van der Waals surface area contributed by atoms with Gasteiger partial charge in [0.25, 0.3) is 0 Å². The number of rotatable bonds is 5. The van der Waals surface area contributed by atoms with Gasteiger partial charge in [-0.25, -0.2) is 0 Å². The van der Waals surface area contributed by atoms with E-state index in [2.05, 4.69) is 38.0 Å². The molecule has 1 atom stereocenters. The Balaban J connectivity index is 2.36. The van der Waals surface area contributed by atoms with E-state index in [0.29, 0.717) is 12.6 Å². The minimum Gasteiger partial charge on any atom is -0.327 e. The highest BCUT2D eigenvalue weighted by atomic mass is 16.2. The van der Waals surface area contributed by atoms with Crippen LogP contribution in [0, 0.1) is 5.92 Å². The molecule has 1 rings (SSSR count). The second-order valence-corrected chi connectivity index (χ2v) is 4.58. The molecule has 0 radical (unpaired) electrons. The van der Waals surface area contributed by atoms with Gasteiger partial charge in [-0.2, -0.15) is 0 Å². The normalized spacial score (nSPS) is 22.1. The van der Waals surface area contributed by atoms with Crippen LogP contribution >= 0.6 is 0 Å². The maximum atomic E-state index is 11.9. The maximum Gasteiger partial charge on any atom is 0.241 e. The first-order chi connectivity index (χ1) is 7.06. The molecule has 4 nitrogen and oxygen atoms in total. The van der Waals surface area contributed by atoms with E-state index >= 15 is 0 Å². The predicted molar refractivity (Wildman–Crippen MR) is 61.5 cm³/mol. The highest BCUT2D eigenvalue weighted by molar-refractivity contribution is 5.84. The Kier molecular flexibility index (Phi) is 4.54.